The quantitative estimate of drug-likeness (QED) is 0.482. The average Bonchev–Trinajstić information content (AvgIpc) is 3.22. The number of carbonyl (C=O) groups excluding carboxylic acids is 2. The van der Waals surface area contributed by atoms with Gasteiger partial charge >= 0.3 is 0 Å². The number of nitrogens with one attached hydrogen (secondary N) is 1. The van der Waals surface area contributed by atoms with Gasteiger partial charge < -0.3 is 10.2 Å². The van der Waals surface area contributed by atoms with Gasteiger partial charge in [-0.25, -0.2) is 0 Å². The van der Waals surface area contributed by atoms with Crippen LogP contribution in [0.3, 0.4) is 0 Å². The molecule has 2 aromatic rings. The van der Waals surface area contributed by atoms with Crippen LogP contribution in [-0.2, 0) is 22.6 Å². The maximum atomic E-state index is 13.3. The van der Waals surface area contributed by atoms with Gasteiger partial charge in [0.05, 0.1) is 6.42 Å². The first-order valence-corrected chi connectivity index (χ1v) is 11.7. The van der Waals surface area contributed by atoms with Crippen molar-refractivity contribution in [3.05, 3.63) is 67.6 Å². The fourth-order valence-electron chi connectivity index (χ4n) is 3.76. The van der Waals surface area contributed by atoms with Crippen LogP contribution in [0, 0.1) is 0 Å². The lowest BCUT2D eigenvalue weighted by Crippen LogP contribution is -2.50. The molecule has 4 nitrogen and oxygen atoms in total. The average molecular weight is 502 g/mol. The summed E-state index contributed by atoms with van der Waals surface area (Å²) >= 11 is 24.9. The highest BCUT2D eigenvalue weighted by molar-refractivity contribution is 6.36. The number of rotatable bonds is 7. The van der Waals surface area contributed by atoms with E-state index >= 15 is 0 Å². The van der Waals surface area contributed by atoms with E-state index in [1.807, 2.05) is 0 Å². The Labute approximate surface area is 202 Å². The summed E-state index contributed by atoms with van der Waals surface area (Å²) in [7, 11) is 0. The molecule has 0 saturated heterocycles. The smallest absolute Gasteiger partial charge is 0.242 e. The summed E-state index contributed by atoms with van der Waals surface area (Å²) < 4.78 is 0. The third-order valence-electron chi connectivity index (χ3n) is 5.62. The van der Waals surface area contributed by atoms with Crippen LogP contribution in [-0.4, -0.2) is 28.8 Å². The largest absolute Gasteiger partial charge is 0.352 e. The minimum Gasteiger partial charge on any atom is -0.352 e. The van der Waals surface area contributed by atoms with Crippen molar-refractivity contribution in [2.45, 2.75) is 57.7 Å². The number of amides is 2. The molecule has 31 heavy (non-hydrogen) atoms. The van der Waals surface area contributed by atoms with E-state index in [1.165, 1.54) is 4.90 Å². The van der Waals surface area contributed by atoms with Gasteiger partial charge in [0.15, 0.2) is 0 Å². The van der Waals surface area contributed by atoms with E-state index in [0.29, 0.717) is 31.2 Å². The van der Waals surface area contributed by atoms with Crippen molar-refractivity contribution in [2.75, 3.05) is 0 Å². The molecule has 166 valence electrons. The van der Waals surface area contributed by atoms with Crippen LogP contribution in [0.4, 0.5) is 0 Å². The molecule has 1 saturated carbocycles. The molecule has 0 heterocycles. The van der Waals surface area contributed by atoms with Gasteiger partial charge in [-0.05, 0) is 49.6 Å². The Balaban J connectivity index is 1.85. The number of carbonyl (C=O) groups is 2. The first kappa shape index (κ1) is 24.2. The van der Waals surface area contributed by atoms with Crippen molar-refractivity contribution in [1.29, 1.82) is 0 Å². The van der Waals surface area contributed by atoms with Gasteiger partial charge in [-0.2, -0.15) is 0 Å². The van der Waals surface area contributed by atoms with Gasteiger partial charge in [0.1, 0.15) is 6.04 Å². The first-order valence-electron chi connectivity index (χ1n) is 10.2. The molecule has 0 spiro atoms. The Hall–Kier alpha value is -1.46. The SMILES string of the molecule is C[C@H](C(=O)NC1CCCC1)N(Cc1c(Cl)cccc1Cl)C(=O)Cc1ccc(Cl)cc1Cl. The summed E-state index contributed by atoms with van der Waals surface area (Å²) in [5, 5.41) is 4.85. The Kier molecular flexibility index (Phi) is 8.51. The highest BCUT2D eigenvalue weighted by Crippen LogP contribution is 2.28. The number of hydrogen-bond acceptors (Lipinski definition) is 2. The van der Waals surface area contributed by atoms with E-state index < -0.39 is 6.04 Å². The van der Waals surface area contributed by atoms with Crippen molar-refractivity contribution < 1.29 is 9.59 Å². The lowest BCUT2D eigenvalue weighted by molar-refractivity contribution is -0.140. The second kappa shape index (κ2) is 10.9. The van der Waals surface area contributed by atoms with Crippen molar-refractivity contribution in [2.24, 2.45) is 0 Å². The molecule has 1 fully saturated rings. The molecule has 0 bridgehead atoms. The van der Waals surface area contributed by atoms with Crippen LogP contribution in [0.15, 0.2) is 36.4 Å². The molecule has 1 aliphatic rings. The van der Waals surface area contributed by atoms with E-state index in [4.69, 9.17) is 46.4 Å². The summed E-state index contributed by atoms with van der Waals surface area (Å²) in [5.74, 6) is -0.445. The van der Waals surface area contributed by atoms with Crippen molar-refractivity contribution in [1.82, 2.24) is 10.2 Å². The second-order valence-electron chi connectivity index (χ2n) is 7.80. The number of halogens is 4. The highest BCUT2D eigenvalue weighted by Gasteiger charge is 2.29. The van der Waals surface area contributed by atoms with E-state index in [1.54, 1.807) is 43.3 Å². The zero-order chi connectivity index (χ0) is 22.5. The van der Waals surface area contributed by atoms with Crippen molar-refractivity contribution in [3.63, 3.8) is 0 Å². The summed E-state index contributed by atoms with van der Waals surface area (Å²) in [6.07, 6.45) is 4.16. The molecule has 0 aliphatic heterocycles. The highest BCUT2D eigenvalue weighted by atomic mass is 35.5. The van der Waals surface area contributed by atoms with Gasteiger partial charge in [-0.15, -0.1) is 0 Å². The molecule has 1 aliphatic carbocycles. The van der Waals surface area contributed by atoms with Crippen LogP contribution in [0.2, 0.25) is 20.1 Å². The lowest BCUT2D eigenvalue weighted by atomic mass is 10.1. The zero-order valence-corrected chi connectivity index (χ0v) is 20.2. The third kappa shape index (κ3) is 6.29. The van der Waals surface area contributed by atoms with Gasteiger partial charge in [0.2, 0.25) is 11.8 Å². The van der Waals surface area contributed by atoms with Crippen molar-refractivity contribution >= 4 is 58.2 Å². The summed E-state index contributed by atoms with van der Waals surface area (Å²) in [4.78, 5) is 27.8. The first-order chi connectivity index (χ1) is 14.8. The minimum absolute atomic E-state index is 0.0269. The lowest BCUT2D eigenvalue weighted by Gasteiger charge is -2.30. The third-order valence-corrected chi connectivity index (χ3v) is 6.91. The summed E-state index contributed by atoms with van der Waals surface area (Å²) in [5.41, 5.74) is 1.23. The fourth-order valence-corrected chi connectivity index (χ4v) is 4.75. The predicted molar refractivity (Wildman–Crippen MR) is 127 cm³/mol. The zero-order valence-electron chi connectivity index (χ0n) is 17.1. The van der Waals surface area contributed by atoms with Gasteiger partial charge in [-0.1, -0.05) is 71.4 Å². The fraction of sp³-hybridized carbons (Fsp3) is 0.391. The van der Waals surface area contributed by atoms with E-state index in [-0.39, 0.29) is 30.8 Å². The minimum atomic E-state index is -0.702. The molecule has 8 heteroatoms. The van der Waals surface area contributed by atoms with Crippen LogP contribution < -0.4 is 5.32 Å². The van der Waals surface area contributed by atoms with Crippen molar-refractivity contribution in [3.8, 4) is 0 Å². The number of nitrogens with zero attached hydrogens (tertiary/aromatic N) is 1. The van der Waals surface area contributed by atoms with E-state index in [9.17, 15) is 9.59 Å². The molecule has 2 amide bonds. The van der Waals surface area contributed by atoms with Gasteiger partial charge in [-0.3, -0.25) is 9.59 Å². The molecule has 0 radical (unpaired) electrons. The molecule has 3 rings (SSSR count). The molecule has 0 aromatic heterocycles. The van der Waals surface area contributed by atoms with Gasteiger partial charge in [0, 0.05) is 38.2 Å². The molecule has 0 unspecified atom stereocenters. The van der Waals surface area contributed by atoms with Crippen LogP contribution >= 0.6 is 46.4 Å². The van der Waals surface area contributed by atoms with Crippen LogP contribution in [0.1, 0.15) is 43.7 Å². The standard InChI is InChI=1S/C23H24Cl4N2O2/c1-14(23(31)28-17-5-2-3-6-17)29(13-18-19(25)7-4-8-20(18)26)22(30)11-15-9-10-16(24)12-21(15)27/h4,7-10,12,14,17H,2-3,5-6,11,13H2,1H3,(H,28,31)/t14-/m1/s1. The Bertz CT molecular complexity index is 940. The van der Waals surface area contributed by atoms with E-state index in [2.05, 4.69) is 5.32 Å². The Morgan fingerprint density at radius 1 is 1.03 bits per heavy atom. The maximum absolute atomic E-state index is 13.3. The second-order valence-corrected chi connectivity index (χ2v) is 9.46. The monoisotopic (exact) mass is 500 g/mol. The Morgan fingerprint density at radius 2 is 1.68 bits per heavy atom. The maximum Gasteiger partial charge on any atom is 0.242 e. The normalized spacial score (nSPS) is 15.0. The predicted octanol–water partition coefficient (Wildman–Crippen LogP) is 6.32. The Morgan fingerprint density at radius 3 is 2.29 bits per heavy atom. The number of benzene rings is 2. The van der Waals surface area contributed by atoms with Crippen LogP contribution in [0.25, 0.3) is 0 Å². The molecule has 1 atom stereocenters. The van der Waals surface area contributed by atoms with Crippen LogP contribution in [0.5, 0.6) is 0 Å². The van der Waals surface area contributed by atoms with E-state index in [0.717, 1.165) is 25.7 Å². The summed E-state index contributed by atoms with van der Waals surface area (Å²) in [6, 6.07) is 9.61. The molecular weight excluding hydrogens is 478 g/mol. The molecular formula is C23H24Cl4N2O2. The summed E-state index contributed by atoms with van der Waals surface area (Å²) in [6.45, 7) is 1.83. The van der Waals surface area contributed by atoms with Gasteiger partial charge in [0.25, 0.3) is 0 Å². The number of hydrogen-bond donors (Lipinski definition) is 1. The topological polar surface area (TPSA) is 49.4 Å². The molecule has 2 aromatic carbocycles. The molecule has 1 N–H and O–H groups in total.